The number of para-hydroxylation sites is 1. The molecule has 1 aromatic rings. The van der Waals surface area contributed by atoms with Crippen LogP contribution >= 0.6 is 0 Å². The van der Waals surface area contributed by atoms with Crippen molar-refractivity contribution in [2.75, 3.05) is 31.7 Å². The first-order chi connectivity index (χ1) is 8.34. The fourth-order valence-corrected chi connectivity index (χ4v) is 1.93. The Bertz CT molecular complexity index is 443. The summed E-state index contributed by atoms with van der Waals surface area (Å²) in [6.07, 6.45) is 0. The van der Waals surface area contributed by atoms with Gasteiger partial charge in [-0.3, -0.25) is 4.79 Å². The second-order valence-corrected chi connectivity index (χ2v) is 4.17. The van der Waals surface area contributed by atoms with Crippen LogP contribution in [0.1, 0.15) is 10.4 Å². The van der Waals surface area contributed by atoms with Crippen LogP contribution in [0.3, 0.4) is 0 Å². The van der Waals surface area contributed by atoms with Crippen LogP contribution in [0.25, 0.3) is 0 Å². The summed E-state index contributed by atoms with van der Waals surface area (Å²) in [6.45, 7) is 2.55. The third kappa shape index (κ3) is 1.93. The highest BCUT2D eigenvalue weighted by Gasteiger charge is 2.24. The van der Waals surface area contributed by atoms with E-state index in [1.54, 1.807) is 6.07 Å². The summed E-state index contributed by atoms with van der Waals surface area (Å²) in [4.78, 5) is 12.0. The molecule has 0 atom stereocenters. The number of nitrogens with one attached hydrogen (secondary N) is 2. The van der Waals surface area contributed by atoms with Crippen molar-refractivity contribution in [2.24, 2.45) is 0 Å². The van der Waals surface area contributed by atoms with Crippen molar-refractivity contribution in [2.45, 2.75) is 6.04 Å². The highest BCUT2D eigenvalue weighted by atomic mass is 16.5. The van der Waals surface area contributed by atoms with Crippen LogP contribution in [-0.2, 0) is 4.74 Å². The van der Waals surface area contributed by atoms with Gasteiger partial charge < -0.3 is 20.1 Å². The van der Waals surface area contributed by atoms with Gasteiger partial charge in [0.1, 0.15) is 6.61 Å². The van der Waals surface area contributed by atoms with E-state index in [0.717, 1.165) is 12.2 Å². The van der Waals surface area contributed by atoms with Gasteiger partial charge in [-0.05, 0) is 12.1 Å². The maximum atomic E-state index is 12.0. The first-order valence-corrected chi connectivity index (χ1v) is 5.73. The third-order valence-corrected chi connectivity index (χ3v) is 2.90. The second kappa shape index (κ2) is 4.25. The smallest absolute Gasteiger partial charge is 0.255 e. The average Bonchev–Trinajstić information content (AvgIpc) is 2.33. The lowest BCUT2D eigenvalue weighted by atomic mass is 10.1. The molecule has 0 bridgehead atoms. The van der Waals surface area contributed by atoms with E-state index < -0.39 is 0 Å². The lowest BCUT2D eigenvalue weighted by molar-refractivity contribution is -0.00351. The van der Waals surface area contributed by atoms with Crippen molar-refractivity contribution in [3.8, 4) is 5.75 Å². The Labute approximate surface area is 99.1 Å². The number of amides is 1. The number of anilines is 1. The van der Waals surface area contributed by atoms with Crippen LogP contribution in [0.2, 0.25) is 0 Å². The number of carbonyl (C=O) groups is 1. The molecule has 1 amide bonds. The minimum atomic E-state index is -0.0983. The first kappa shape index (κ1) is 10.4. The highest BCUT2D eigenvalue weighted by molar-refractivity contribution is 5.99. The van der Waals surface area contributed by atoms with Gasteiger partial charge in [0, 0.05) is 6.54 Å². The zero-order chi connectivity index (χ0) is 11.7. The molecular formula is C12H14N2O3. The summed E-state index contributed by atoms with van der Waals surface area (Å²) in [7, 11) is 0. The second-order valence-electron chi connectivity index (χ2n) is 4.17. The van der Waals surface area contributed by atoms with E-state index in [-0.39, 0.29) is 11.9 Å². The predicted molar refractivity (Wildman–Crippen MR) is 62.5 cm³/mol. The summed E-state index contributed by atoms with van der Waals surface area (Å²) in [6, 6.07) is 5.68. The first-order valence-electron chi connectivity index (χ1n) is 5.73. The zero-order valence-electron chi connectivity index (χ0n) is 9.36. The quantitative estimate of drug-likeness (QED) is 0.787. The van der Waals surface area contributed by atoms with E-state index in [1.165, 1.54) is 0 Å². The van der Waals surface area contributed by atoms with Crippen molar-refractivity contribution in [1.29, 1.82) is 0 Å². The maximum absolute atomic E-state index is 12.0. The summed E-state index contributed by atoms with van der Waals surface area (Å²) >= 11 is 0. The van der Waals surface area contributed by atoms with Crippen LogP contribution in [0, 0.1) is 0 Å². The normalized spacial score (nSPS) is 18.4. The average molecular weight is 234 g/mol. The van der Waals surface area contributed by atoms with Gasteiger partial charge in [0.25, 0.3) is 5.91 Å². The highest BCUT2D eigenvalue weighted by Crippen LogP contribution is 2.31. The van der Waals surface area contributed by atoms with E-state index in [1.807, 2.05) is 12.1 Å². The SMILES string of the molecule is O=C(NC1COC1)c1cccc2c1OCCN2. The summed E-state index contributed by atoms with van der Waals surface area (Å²) in [5.74, 6) is 0.551. The molecule has 2 aliphatic heterocycles. The minimum Gasteiger partial charge on any atom is -0.489 e. The van der Waals surface area contributed by atoms with Gasteiger partial charge in [0.05, 0.1) is 30.5 Å². The van der Waals surface area contributed by atoms with Gasteiger partial charge in [-0.15, -0.1) is 0 Å². The molecule has 3 rings (SSSR count). The topological polar surface area (TPSA) is 59.6 Å². The van der Waals surface area contributed by atoms with Gasteiger partial charge >= 0.3 is 0 Å². The molecule has 90 valence electrons. The van der Waals surface area contributed by atoms with Gasteiger partial charge in [0.15, 0.2) is 5.75 Å². The molecule has 0 saturated carbocycles. The molecule has 1 fully saturated rings. The van der Waals surface area contributed by atoms with Crippen molar-refractivity contribution in [1.82, 2.24) is 5.32 Å². The molecule has 17 heavy (non-hydrogen) atoms. The number of fused-ring (bicyclic) bond motifs is 1. The Kier molecular flexibility index (Phi) is 2.60. The molecule has 1 aromatic carbocycles. The van der Waals surface area contributed by atoms with Crippen LogP contribution in [-0.4, -0.2) is 38.3 Å². The van der Waals surface area contributed by atoms with E-state index in [0.29, 0.717) is 31.1 Å². The van der Waals surface area contributed by atoms with Crippen molar-refractivity contribution >= 4 is 11.6 Å². The minimum absolute atomic E-state index is 0.0983. The molecule has 2 N–H and O–H groups in total. The summed E-state index contributed by atoms with van der Waals surface area (Å²) in [5, 5.41) is 6.12. The van der Waals surface area contributed by atoms with Crippen molar-refractivity contribution in [3.63, 3.8) is 0 Å². The number of ether oxygens (including phenoxy) is 2. The number of rotatable bonds is 2. The van der Waals surface area contributed by atoms with Gasteiger partial charge in [-0.2, -0.15) is 0 Å². The number of carbonyl (C=O) groups excluding carboxylic acids is 1. The molecule has 2 aliphatic rings. The predicted octanol–water partition coefficient (Wildman–Crippen LogP) is 0.619. The van der Waals surface area contributed by atoms with E-state index in [9.17, 15) is 4.79 Å². The van der Waals surface area contributed by atoms with Crippen molar-refractivity contribution in [3.05, 3.63) is 23.8 Å². The van der Waals surface area contributed by atoms with Crippen LogP contribution < -0.4 is 15.4 Å². The maximum Gasteiger partial charge on any atom is 0.255 e. The van der Waals surface area contributed by atoms with E-state index in [4.69, 9.17) is 9.47 Å². The Morgan fingerprint density at radius 1 is 1.41 bits per heavy atom. The number of hydrogen-bond donors (Lipinski definition) is 2. The number of hydrogen-bond acceptors (Lipinski definition) is 4. The Morgan fingerprint density at radius 3 is 3.06 bits per heavy atom. The Balaban J connectivity index is 1.83. The third-order valence-electron chi connectivity index (χ3n) is 2.90. The molecule has 0 radical (unpaired) electrons. The van der Waals surface area contributed by atoms with Gasteiger partial charge in [-0.25, -0.2) is 0 Å². The van der Waals surface area contributed by atoms with Crippen molar-refractivity contribution < 1.29 is 14.3 Å². The molecule has 0 aromatic heterocycles. The standard InChI is InChI=1S/C12H14N2O3/c15-12(14-8-6-16-7-8)9-2-1-3-10-11(9)17-5-4-13-10/h1-3,8,13H,4-7H2,(H,14,15). The lowest BCUT2D eigenvalue weighted by Gasteiger charge is -2.28. The largest absolute Gasteiger partial charge is 0.489 e. The van der Waals surface area contributed by atoms with Gasteiger partial charge in [0.2, 0.25) is 0 Å². The molecular weight excluding hydrogens is 220 g/mol. The van der Waals surface area contributed by atoms with Crippen LogP contribution in [0.4, 0.5) is 5.69 Å². The van der Waals surface area contributed by atoms with Crippen LogP contribution in [0.15, 0.2) is 18.2 Å². The van der Waals surface area contributed by atoms with Gasteiger partial charge in [-0.1, -0.05) is 6.07 Å². The number of benzene rings is 1. The fourth-order valence-electron chi connectivity index (χ4n) is 1.93. The molecule has 0 aliphatic carbocycles. The van der Waals surface area contributed by atoms with E-state index >= 15 is 0 Å². The molecule has 0 spiro atoms. The fraction of sp³-hybridized carbons (Fsp3) is 0.417. The Hall–Kier alpha value is -1.75. The summed E-state index contributed by atoms with van der Waals surface area (Å²) < 4.78 is 10.6. The summed E-state index contributed by atoms with van der Waals surface area (Å²) in [5.41, 5.74) is 1.47. The Morgan fingerprint density at radius 2 is 2.29 bits per heavy atom. The lowest BCUT2D eigenvalue weighted by Crippen LogP contribution is -2.48. The molecule has 5 nitrogen and oxygen atoms in total. The zero-order valence-corrected chi connectivity index (χ0v) is 9.36. The molecule has 5 heteroatoms. The van der Waals surface area contributed by atoms with E-state index in [2.05, 4.69) is 10.6 Å². The van der Waals surface area contributed by atoms with Crippen LogP contribution in [0.5, 0.6) is 5.75 Å². The monoisotopic (exact) mass is 234 g/mol. The molecule has 1 saturated heterocycles. The molecule has 2 heterocycles. The molecule has 0 unspecified atom stereocenters.